The summed E-state index contributed by atoms with van der Waals surface area (Å²) >= 11 is 0. The number of carbonyl (C=O) groups excluding carboxylic acids is 1. The minimum absolute atomic E-state index is 0.335. The van der Waals surface area contributed by atoms with Gasteiger partial charge in [0.15, 0.2) is 0 Å². The quantitative estimate of drug-likeness (QED) is 0.932. The van der Waals surface area contributed by atoms with E-state index in [1.165, 1.54) is 13.4 Å². The van der Waals surface area contributed by atoms with Crippen molar-refractivity contribution in [2.24, 2.45) is 0 Å². The van der Waals surface area contributed by atoms with Gasteiger partial charge in [-0.2, -0.15) is 13.2 Å². The van der Waals surface area contributed by atoms with Gasteiger partial charge in [0.05, 0.1) is 23.8 Å². The average molecular weight is 271 g/mol. The number of nitrogens with zero attached hydrogens (tertiary/aromatic N) is 2. The summed E-state index contributed by atoms with van der Waals surface area (Å²) in [6.07, 6.45) is -3.78. The summed E-state index contributed by atoms with van der Waals surface area (Å²) in [5.74, 6) is -0.444. The third-order valence-corrected chi connectivity index (χ3v) is 2.74. The van der Waals surface area contributed by atoms with Crippen molar-refractivity contribution < 1.29 is 18.0 Å². The van der Waals surface area contributed by atoms with E-state index < -0.39 is 18.5 Å². The van der Waals surface area contributed by atoms with Crippen molar-refractivity contribution >= 4 is 16.9 Å². The lowest BCUT2D eigenvalue weighted by molar-refractivity contribution is -0.136. The summed E-state index contributed by atoms with van der Waals surface area (Å²) in [5.41, 5.74) is 1.71. The fraction of sp³-hybridized carbons (Fsp3) is 0.333. The molecule has 19 heavy (non-hydrogen) atoms. The number of halogens is 3. The molecule has 0 fully saturated rings. The first-order valence-corrected chi connectivity index (χ1v) is 5.62. The Morgan fingerprint density at radius 3 is 2.84 bits per heavy atom. The van der Waals surface area contributed by atoms with Crippen molar-refractivity contribution in [1.82, 2.24) is 14.9 Å². The van der Waals surface area contributed by atoms with Crippen LogP contribution in [-0.4, -0.2) is 40.5 Å². The number of imidazole rings is 1. The molecule has 102 valence electrons. The molecule has 0 radical (unpaired) electrons. The van der Waals surface area contributed by atoms with Gasteiger partial charge in [0.25, 0.3) is 5.91 Å². The highest BCUT2D eigenvalue weighted by atomic mass is 19.4. The number of rotatable bonds is 3. The Bertz CT molecular complexity index is 591. The maximum atomic E-state index is 12.1. The molecule has 2 aromatic rings. The maximum absolute atomic E-state index is 12.1. The smallest absolute Gasteiger partial charge is 0.345 e. The standard InChI is InChI=1S/C12H12F3N3O/c1-18(5-4-12(13,14)15)11(19)8-2-3-9-10(6-8)17-7-16-9/h2-3,6-7H,4-5H2,1H3,(H,16,17). The molecule has 1 amide bonds. The summed E-state index contributed by atoms with van der Waals surface area (Å²) in [6, 6.07) is 4.78. The van der Waals surface area contributed by atoms with Crippen LogP contribution in [0.4, 0.5) is 13.2 Å². The fourth-order valence-electron chi connectivity index (χ4n) is 1.69. The molecule has 0 aliphatic heterocycles. The Hall–Kier alpha value is -2.05. The largest absolute Gasteiger partial charge is 0.390 e. The van der Waals surface area contributed by atoms with E-state index in [1.54, 1.807) is 18.2 Å². The van der Waals surface area contributed by atoms with Crippen molar-refractivity contribution in [1.29, 1.82) is 0 Å². The van der Waals surface area contributed by atoms with Gasteiger partial charge in [-0.1, -0.05) is 0 Å². The molecule has 0 aliphatic rings. The number of H-pyrrole nitrogens is 1. The van der Waals surface area contributed by atoms with E-state index >= 15 is 0 Å². The molecule has 0 unspecified atom stereocenters. The lowest BCUT2D eigenvalue weighted by Gasteiger charge is -2.18. The van der Waals surface area contributed by atoms with Crippen LogP contribution in [0, 0.1) is 0 Å². The van der Waals surface area contributed by atoms with E-state index in [4.69, 9.17) is 0 Å². The number of amides is 1. The summed E-state index contributed by atoms with van der Waals surface area (Å²) in [7, 11) is 1.35. The van der Waals surface area contributed by atoms with Crippen molar-refractivity contribution in [3.63, 3.8) is 0 Å². The van der Waals surface area contributed by atoms with Crippen LogP contribution in [0.15, 0.2) is 24.5 Å². The molecule has 0 spiro atoms. The van der Waals surface area contributed by atoms with Gasteiger partial charge in [-0.3, -0.25) is 4.79 Å². The number of aromatic nitrogens is 2. The number of hydrogen-bond donors (Lipinski definition) is 1. The van der Waals surface area contributed by atoms with Crippen LogP contribution >= 0.6 is 0 Å². The number of benzene rings is 1. The van der Waals surface area contributed by atoms with Gasteiger partial charge in [0, 0.05) is 19.2 Å². The molecular formula is C12H12F3N3O. The fourth-order valence-corrected chi connectivity index (χ4v) is 1.69. The van der Waals surface area contributed by atoms with Crippen LogP contribution in [0.5, 0.6) is 0 Å². The normalized spacial score (nSPS) is 11.8. The lowest BCUT2D eigenvalue weighted by atomic mass is 10.1. The first kappa shape index (κ1) is 13.4. The van der Waals surface area contributed by atoms with Gasteiger partial charge in [0.2, 0.25) is 0 Å². The summed E-state index contributed by atoms with van der Waals surface area (Å²) < 4.78 is 36.3. The van der Waals surface area contributed by atoms with Crippen LogP contribution < -0.4 is 0 Å². The lowest BCUT2D eigenvalue weighted by Crippen LogP contribution is -2.30. The van der Waals surface area contributed by atoms with Crippen LogP contribution in [-0.2, 0) is 0 Å². The molecule has 0 saturated heterocycles. The number of nitrogens with one attached hydrogen (secondary N) is 1. The van der Waals surface area contributed by atoms with Crippen molar-refractivity contribution in [3.8, 4) is 0 Å². The van der Waals surface area contributed by atoms with Crippen molar-refractivity contribution in [2.45, 2.75) is 12.6 Å². The van der Waals surface area contributed by atoms with Crippen LogP contribution in [0.25, 0.3) is 11.0 Å². The summed E-state index contributed by atoms with van der Waals surface area (Å²) in [6.45, 7) is -0.358. The zero-order chi connectivity index (χ0) is 14.0. The molecule has 4 nitrogen and oxygen atoms in total. The first-order valence-electron chi connectivity index (χ1n) is 5.62. The van der Waals surface area contributed by atoms with Crippen molar-refractivity contribution in [2.75, 3.05) is 13.6 Å². The zero-order valence-corrected chi connectivity index (χ0v) is 10.2. The van der Waals surface area contributed by atoms with E-state index in [0.717, 1.165) is 4.90 Å². The highest BCUT2D eigenvalue weighted by molar-refractivity contribution is 5.97. The molecule has 1 heterocycles. The third kappa shape index (κ3) is 3.24. The monoisotopic (exact) mass is 271 g/mol. The zero-order valence-electron chi connectivity index (χ0n) is 10.2. The summed E-state index contributed by atoms with van der Waals surface area (Å²) in [4.78, 5) is 19.9. The van der Waals surface area contributed by atoms with E-state index in [1.807, 2.05) is 0 Å². The summed E-state index contributed by atoms with van der Waals surface area (Å²) in [5, 5.41) is 0. The van der Waals surface area contributed by atoms with Gasteiger partial charge in [-0.15, -0.1) is 0 Å². The molecule has 1 N–H and O–H groups in total. The van der Waals surface area contributed by atoms with E-state index in [0.29, 0.717) is 16.6 Å². The van der Waals surface area contributed by atoms with Gasteiger partial charge in [-0.05, 0) is 18.2 Å². The SMILES string of the molecule is CN(CCC(F)(F)F)C(=O)c1ccc2nc[nH]c2c1. The van der Waals surface area contributed by atoms with Crippen LogP contribution in [0.2, 0.25) is 0 Å². The molecular weight excluding hydrogens is 259 g/mol. The Labute approximate surface area is 107 Å². The van der Waals surface area contributed by atoms with Crippen molar-refractivity contribution in [3.05, 3.63) is 30.1 Å². The number of alkyl halides is 3. The number of hydrogen-bond acceptors (Lipinski definition) is 2. The number of fused-ring (bicyclic) bond motifs is 1. The van der Waals surface area contributed by atoms with E-state index in [-0.39, 0.29) is 6.54 Å². The second-order valence-electron chi connectivity index (χ2n) is 4.23. The highest BCUT2D eigenvalue weighted by Crippen LogP contribution is 2.20. The van der Waals surface area contributed by atoms with Gasteiger partial charge >= 0.3 is 6.18 Å². The topological polar surface area (TPSA) is 49.0 Å². The molecule has 1 aromatic heterocycles. The second kappa shape index (κ2) is 4.91. The van der Waals surface area contributed by atoms with Gasteiger partial charge < -0.3 is 9.88 Å². The minimum atomic E-state index is -4.26. The molecule has 7 heteroatoms. The van der Waals surface area contributed by atoms with E-state index in [2.05, 4.69) is 9.97 Å². The van der Waals surface area contributed by atoms with Gasteiger partial charge in [0.1, 0.15) is 0 Å². The number of aromatic amines is 1. The van der Waals surface area contributed by atoms with Crippen LogP contribution in [0.1, 0.15) is 16.8 Å². The van der Waals surface area contributed by atoms with E-state index in [9.17, 15) is 18.0 Å². The molecule has 0 atom stereocenters. The molecule has 1 aromatic carbocycles. The maximum Gasteiger partial charge on any atom is 0.390 e. The Balaban J connectivity index is 2.09. The third-order valence-electron chi connectivity index (χ3n) is 2.74. The second-order valence-corrected chi connectivity index (χ2v) is 4.23. The Morgan fingerprint density at radius 1 is 1.42 bits per heavy atom. The average Bonchev–Trinajstić information content (AvgIpc) is 2.81. The Kier molecular flexibility index (Phi) is 3.46. The predicted molar refractivity (Wildman–Crippen MR) is 63.7 cm³/mol. The highest BCUT2D eigenvalue weighted by Gasteiger charge is 2.28. The molecule has 0 saturated carbocycles. The first-order chi connectivity index (χ1) is 8.87. The predicted octanol–water partition coefficient (Wildman–Crippen LogP) is 2.59. The Morgan fingerprint density at radius 2 is 2.16 bits per heavy atom. The van der Waals surface area contributed by atoms with Gasteiger partial charge in [-0.25, -0.2) is 4.98 Å². The number of carbonyl (C=O) groups is 1. The molecule has 0 aliphatic carbocycles. The minimum Gasteiger partial charge on any atom is -0.345 e. The molecule has 0 bridgehead atoms. The van der Waals surface area contributed by atoms with Crippen LogP contribution in [0.3, 0.4) is 0 Å². The molecule has 2 rings (SSSR count).